The van der Waals surface area contributed by atoms with Gasteiger partial charge in [-0.2, -0.15) is 9.37 Å². The number of aromatic nitrogens is 2. The van der Waals surface area contributed by atoms with Crippen molar-refractivity contribution in [1.82, 2.24) is 9.38 Å². The van der Waals surface area contributed by atoms with Crippen LogP contribution in [0.3, 0.4) is 0 Å². The Morgan fingerprint density at radius 3 is 2.83 bits per heavy atom. The van der Waals surface area contributed by atoms with E-state index < -0.39 is 11.8 Å². The van der Waals surface area contributed by atoms with Gasteiger partial charge in [0, 0.05) is 12.3 Å². The molecule has 62 valence electrons. The molecular formula is C7H5F2N3. The van der Waals surface area contributed by atoms with E-state index in [0.717, 1.165) is 12.3 Å². The minimum atomic E-state index is -0.723. The summed E-state index contributed by atoms with van der Waals surface area (Å²) >= 11 is 0. The Kier molecular flexibility index (Phi) is 1.27. The monoisotopic (exact) mass is 169 g/mol. The molecule has 0 spiro atoms. The summed E-state index contributed by atoms with van der Waals surface area (Å²) in [5.74, 6) is -1.35. The summed E-state index contributed by atoms with van der Waals surface area (Å²) in [6.07, 6.45) is 2.46. The maximum atomic E-state index is 12.9. The Labute approximate surface area is 66.4 Å². The minimum absolute atomic E-state index is 0.0540. The number of nitrogens with two attached hydrogens (primary N) is 1. The highest BCUT2D eigenvalue weighted by atomic mass is 19.1. The van der Waals surface area contributed by atoms with Gasteiger partial charge in [0.1, 0.15) is 0 Å². The largest absolute Gasteiger partial charge is 0.397 e. The number of halogens is 2. The van der Waals surface area contributed by atoms with Gasteiger partial charge < -0.3 is 5.73 Å². The highest BCUT2D eigenvalue weighted by Crippen LogP contribution is 2.12. The summed E-state index contributed by atoms with van der Waals surface area (Å²) in [6.45, 7) is 0. The lowest BCUT2D eigenvalue weighted by molar-refractivity contribution is 0.588. The third kappa shape index (κ3) is 0.903. The molecule has 2 aromatic heterocycles. The van der Waals surface area contributed by atoms with E-state index >= 15 is 0 Å². The quantitative estimate of drug-likeness (QED) is 0.643. The number of anilines is 1. The first-order valence-corrected chi connectivity index (χ1v) is 3.26. The molecule has 0 atom stereocenters. The lowest BCUT2D eigenvalue weighted by Crippen LogP contribution is -1.92. The van der Waals surface area contributed by atoms with Crippen molar-refractivity contribution in [3.63, 3.8) is 0 Å². The second-order valence-corrected chi connectivity index (χ2v) is 2.42. The van der Waals surface area contributed by atoms with Crippen molar-refractivity contribution in [1.29, 1.82) is 0 Å². The van der Waals surface area contributed by atoms with Crippen molar-refractivity contribution in [2.24, 2.45) is 0 Å². The van der Waals surface area contributed by atoms with Crippen LogP contribution in [0.5, 0.6) is 0 Å². The molecule has 0 bridgehead atoms. The van der Waals surface area contributed by atoms with E-state index in [9.17, 15) is 8.78 Å². The summed E-state index contributed by atoms with van der Waals surface area (Å²) in [5.41, 5.74) is 5.50. The van der Waals surface area contributed by atoms with Gasteiger partial charge in [0.25, 0.3) is 0 Å². The number of hydrogen-bond acceptors (Lipinski definition) is 2. The molecule has 0 amide bonds. The fourth-order valence-electron chi connectivity index (χ4n) is 1.05. The summed E-state index contributed by atoms with van der Waals surface area (Å²) in [5, 5.41) is 0. The molecule has 2 N–H and O–H groups in total. The average molecular weight is 169 g/mol. The van der Waals surface area contributed by atoms with Crippen LogP contribution in [-0.2, 0) is 0 Å². The van der Waals surface area contributed by atoms with Gasteiger partial charge in [-0.1, -0.05) is 0 Å². The highest BCUT2D eigenvalue weighted by Gasteiger charge is 2.06. The summed E-state index contributed by atoms with van der Waals surface area (Å²) < 4.78 is 26.6. The Bertz CT molecular complexity index is 435. The van der Waals surface area contributed by atoms with E-state index in [1.54, 1.807) is 0 Å². The zero-order valence-electron chi connectivity index (χ0n) is 5.96. The predicted molar refractivity (Wildman–Crippen MR) is 39.5 cm³/mol. The number of imidazole rings is 1. The number of nitrogen functional groups attached to an aromatic ring is 1. The number of fused-ring (bicyclic) bond motifs is 1. The van der Waals surface area contributed by atoms with E-state index in [1.165, 1.54) is 10.6 Å². The Morgan fingerprint density at radius 2 is 2.08 bits per heavy atom. The topological polar surface area (TPSA) is 43.3 Å². The van der Waals surface area contributed by atoms with Gasteiger partial charge in [-0.15, -0.1) is 0 Å². The Hall–Kier alpha value is -1.65. The molecule has 2 rings (SSSR count). The SMILES string of the molecule is Nc1cc(F)c2nc(F)cn2c1. The molecule has 0 radical (unpaired) electrons. The van der Waals surface area contributed by atoms with Gasteiger partial charge in [0.15, 0.2) is 11.5 Å². The van der Waals surface area contributed by atoms with Gasteiger partial charge in [-0.25, -0.2) is 4.39 Å². The van der Waals surface area contributed by atoms with Crippen molar-refractivity contribution in [2.75, 3.05) is 5.73 Å². The van der Waals surface area contributed by atoms with Crippen LogP contribution < -0.4 is 5.73 Å². The third-order valence-electron chi connectivity index (χ3n) is 1.50. The second kappa shape index (κ2) is 2.17. The van der Waals surface area contributed by atoms with Gasteiger partial charge in [0.2, 0.25) is 5.95 Å². The minimum Gasteiger partial charge on any atom is -0.397 e. The van der Waals surface area contributed by atoms with Gasteiger partial charge >= 0.3 is 0 Å². The molecule has 12 heavy (non-hydrogen) atoms. The predicted octanol–water partition coefficient (Wildman–Crippen LogP) is 1.19. The van der Waals surface area contributed by atoms with Crippen LogP contribution in [0.25, 0.3) is 5.65 Å². The molecule has 0 aliphatic rings. The molecule has 0 aliphatic carbocycles. The van der Waals surface area contributed by atoms with E-state index in [1.807, 2.05) is 0 Å². The van der Waals surface area contributed by atoms with Gasteiger partial charge in [0.05, 0.1) is 11.9 Å². The lowest BCUT2D eigenvalue weighted by Gasteiger charge is -1.95. The van der Waals surface area contributed by atoms with Gasteiger partial charge in [-0.05, 0) is 0 Å². The Morgan fingerprint density at radius 1 is 1.33 bits per heavy atom. The zero-order valence-corrected chi connectivity index (χ0v) is 5.96. The number of pyridine rings is 1. The molecule has 0 aromatic carbocycles. The molecule has 2 aromatic rings. The fourth-order valence-corrected chi connectivity index (χ4v) is 1.05. The lowest BCUT2D eigenvalue weighted by atomic mass is 10.4. The summed E-state index contributed by atoms with van der Waals surface area (Å²) in [7, 11) is 0. The van der Waals surface area contributed by atoms with Crippen molar-refractivity contribution >= 4 is 11.3 Å². The normalized spacial score (nSPS) is 10.8. The number of rotatable bonds is 0. The smallest absolute Gasteiger partial charge is 0.231 e. The summed E-state index contributed by atoms with van der Waals surface area (Å²) in [6, 6.07) is 1.10. The van der Waals surface area contributed by atoms with Crippen LogP contribution in [0.4, 0.5) is 14.5 Å². The van der Waals surface area contributed by atoms with Crippen LogP contribution in [0.15, 0.2) is 18.5 Å². The van der Waals surface area contributed by atoms with E-state index in [4.69, 9.17) is 5.73 Å². The number of hydrogen-bond donors (Lipinski definition) is 1. The third-order valence-corrected chi connectivity index (χ3v) is 1.50. The average Bonchev–Trinajstić information content (AvgIpc) is 2.29. The molecule has 5 heteroatoms. The second-order valence-electron chi connectivity index (χ2n) is 2.42. The molecule has 3 nitrogen and oxygen atoms in total. The molecule has 0 unspecified atom stereocenters. The zero-order chi connectivity index (χ0) is 8.72. The van der Waals surface area contributed by atoms with Crippen LogP contribution in [0.2, 0.25) is 0 Å². The Balaban J connectivity index is 2.88. The molecule has 0 saturated carbocycles. The van der Waals surface area contributed by atoms with E-state index in [2.05, 4.69) is 4.98 Å². The van der Waals surface area contributed by atoms with Crippen LogP contribution in [0, 0.1) is 11.8 Å². The van der Waals surface area contributed by atoms with Crippen molar-refractivity contribution in [3.8, 4) is 0 Å². The highest BCUT2D eigenvalue weighted by molar-refractivity contribution is 5.48. The first-order valence-electron chi connectivity index (χ1n) is 3.26. The molecule has 0 saturated heterocycles. The number of nitrogens with zero attached hydrogens (tertiary/aromatic N) is 2. The van der Waals surface area contributed by atoms with Crippen molar-refractivity contribution in [3.05, 3.63) is 30.2 Å². The first kappa shape index (κ1) is 7.02. The van der Waals surface area contributed by atoms with Gasteiger partial charge in [-0.3, -0.25) is 4.40 Å². The molecule has 0 aliphatic heterocycles. The molecule has 0 fully saturated rings. The molecular weight excluding hydrogens is 164 g/mol. The maximum Gasteiger partial charge on any atom is 0.231 e. The molecule has 2 heterocycles. The van der Waals surface area contributed by atoms with Crippen LogP contribution >= 0.6 is 0 Å². The van der Waals surface area contributed by atoms with Crippen molar-refractivity contribution in [2.45, 2.75) is 0 Å². The van der Waals surface area contributed by atoms with Crippen LogP contribution in [-0.4, -0.2) is 9.38 Å². The van der Waals surface area contributed by atoms with E-state index in [0.29, 0.717) is 0 Å². The van der Waals surface area contributed by atoms with E-state index in [-0.39, 0.29) is 11.3 Å². The standard InChI is InChI=1S/C7H5F2N3/c8-5-1-4(10)2-12-3-6(9)11-7(5)12/h1-3H,10H2. The maximum absolute atomic E-state index is 12.9. The first-order chi connectivity index (χ1) is 5.66. The van der Waals surface area contributed by atoms with Crippen molar-refractivity contribution < 1.29 is 8.78 Å². The van der Waals surface area contributed by atoms with Crippen LogP contribution in [0.1, 0.15) is 0 Å². The summed E-state index contributed by atoms with van der Waals surface area (Å²) in [4.78, 5) is 3.32. The fraction of sp³-hybridized carbons (Fsp3) is 0.